The molecule has 23 heavy (non-hydrogen) atoms. The van der Waals surface area contributed by atoms with Crippen molar-refractivity contribution in [3.63, 3.8) is 0 Å². The summed E-state index contributed by atoms with van der Waals surface area (Å²) in [6.07, 6.45) is 0.512. The third-order valence-electron chi connectivity index (χ3n) is 3.66. The SMILES string of the molecule is CC(C)Oc1ccccc1C(C)NC(=O)NC1CCS(=O)(=O)C1. The number of benzene rings is 1. The molecule has 1 aliphatic heterocycles. The topological polar surface area (TPSA) is 84.5 Å². The second-order valence-corrected chi connectivity index (χ2v) is 8.37. The van der Waals surface area contributed by atoms with Gasteiger partial charge in [0.05, 0.1) is 23.7 Å². The van der Waals surface area contributed by atoms with E-state index in [-0.39, 0.29) is 35.7 Å². The maximum absolute atomic E-state index is 12.1. The molecule has 1 aliphatic rings. The Bertz CT molecular complexity index is 658. The number of sulfone groups is 1. The van der Waals surface area contributed by atoms with Crippen LogP contribution in [0.4, 0.5) is 4.79 Å². The zero-order chi connectivity index (χ0) is 17.0. The predicted molar refractivity (Wildman–Crippen MR) is 89.3 cm³/mol. The minimum Gasteiger partial charge on any atom is -0.491 e. The van der Waals surface area contributed by atoms with Gasteiger partial charge in [-0.25, -0.2) is 13.2 Å². The van der Waals surface area contributed by atoms with Gasteiger partial charge in [0, 0.05) is 11.6 Å². The molecule has 1 aromatic carbocycles. The maximum Gasteiger partial charge on any atom is 0.315 e. The van der Waals surface area contributed by atoms with Crippen LogP contribution in [-0.2, 0) is 9.84 Å². The lowest BCUT2D eigenvalue weighted by molar-refractivity contribution is 0.230. The monoisotopic (exact) mass is 340 g/mol. The minimum absolute atomic E-state index is 0.0157. The predicted octanol–water partition coefficient (Wildman–Crippen LogP) is 2.02. The van der Waals surface area contributed by atoms with Crippen LogP contribution in [0.25, 0.3) is 0 Å². The molecule has 128 valence electrons. The van der Waals surface area contributed by atoms with E-state index in [2.05, 4.69) is 10.6 Å². The van der Waals surface area contributed by atoms with Gasteiger partial charge in [0.2, 0.25) is 0 Å². The number of amides is 2. The summed E-state index contributed by atoms with van der Waals surface area (Å²) >= 11 is 0. The number of hydrogen-bond donors (Lipinski definition) is 2. The zero-order valence-corrected chi connectivity index (χ0v) is 14.5. The Morgan fingerprint density at radius 2 is 1.96 bits per heavy atom. The molecule has 0 spiro atoms. The first kappa shape index (κ1) is 17.6. The smallest absolute Gasteiger partial charge is 0.315 e. The molecule has 1 fully saturated rings. The first-order valence-electron chi connectivity index (χ1n) is 7.80. The molecule has 7 heteroatoms. The minimum atomic E-state index is -3.00. The number of carbonyl (C=O) groups is 1. The van der Waals surface area contributed by atoms with Gasteiger partial charge >= 0.3 is 6.03 Å². The Labute approximate surface area is 137 Å². The van der Waals surface area contributed by atoms with E-state index >= 15 is 0 Å². The second kappa shape index (κ2) is 7.21. The van der Waals surface area contributed by atoms with Crippen LogP contribution in [0.2, 0.25) is 0 Å². The third kappa shape index (κ3) is 5.13. The summed E-state index contributed by atoms with van der Waals surface area (Å²) in [7, 11) is -3.00. The van der Waals surface area contributed by atoms with Crippen LogP contribution < -0.4 is 15.4 Å². The maximum atomic E-state index is 12.1. The average Bonchev–Trinajstić information content (AvgIpc) is 2.77. The summed E-state index contributed by atoms with van der Waals surface area (Å²) in [6, 6.07) is 6.63. The molecule has 2 rings (SSSR count). The Kier molecular flexibility index (Phi) is 5.51. The molecule has 1 aromatic rings. The van der Waals surface area contributed by atoms with Crippen molar-refractivity contribution in [1.82, 2.24) is 10.6 Å². The molecule has 0 radical (unpaired) electrons. The van der Waals surface area contributed by atoms with Crippen molar-refractivity contribution < 1.29 is 17.9 Å². The Balaban J connectivity index is 1.96. The van der Waals surface area contributed by atoms with E-state index in [9.17, 15) is 13.2 Å². The molecule has 1 saturated heterocycles. The third-order valence-corrected chi connectivity index (χ3v) is 5.43. The van der Waals surface area contributed by atoms with Gasteiger partial charge in [-0.05, 0) is 33.3 Å². The van der Waals surface area contributed by atoms with Crippen molar-refractivity contribution in [2.45, 2.75) is 45.4 Å². The molecule has 2 amide bonds. The van der Waals surface area contributed by atoms with Crippen LogP contribution in [0.1, 0.15) is 38.8 Å². The number of ether oxygens (including phenoxy) is 1. The van der Waals surface area contributed by atoms with Gasteiger partial charge in [0.25, 0.3) is 0 Å². The van der Waals surface area contributed by atoms with Crippen LogP contribution in [0.3, 0.4) is 0 Å². The first-order valence-corrected chi connectivity index (χ1v) is 9.62. The van der Waals surface area contributed by atoms with Gasteiger partial charge in [-0.2, -0.15) is 0 Å². The van der Waals surface area contributed by atoms with Gasteiger partial charge < -0.3 is 15.4 Å². The quantitative estimate of drug-likeness (QED) is 0.859. The summed E-state index contributed by atoms with van der Waals surface area (Å²) < 4.78 is 28.6. The molecule has 2 N–H and O–H groups in total. The number of carbonyl (C=O) groups excluding carboxylic acids is 1. The fourth-order valence-corrected chi connectivity index (χ4v) is 4.28. The lowest BCUT2D eigenvalue weighted by Crippen LogP contribution is -2.43. The first-order chi connectivity index (χ1) is 10.8. The van der Waals surface area contributed by atoms with E-state index < -0.39 is 9.84 Å². The van der Waals surface area contributed by atoms with E-state index in [1.807, 2.05) is 45.0 Å². The number of nitrogens with one attached hydrogen (secondary N) is 2. The van der Waals surface area contributed by atoms with Gasteiger partial charge in [0.1, 0.15) is 5.75 Å². The van der Waals surface area contributed by atoms with Crippen LogP contribution in [0.5, 0.6) is 5.75 Å². The van der Waals surface area contributed by atoms with Crippen LogP contribution in [0, 0.1) is 0 Å². The zero-order valence-electron chi connectivity index (χ0n) is 13.7. The van der Waals surface area contributed by atoms with E-state index in [4.69, 9.17) is 4.74 Å². The van der Waals surface area contributed by atoms with Crippen molar-refractivity contribution in [3.05, 3.63) is 29.8 Å². The van der Waals surface area contributed by atoms with Crippen molar-refractivity contribution >= 4 is 15.9 Å². The summed E-state index contributed by atoms with van der Waals surface area (Å²) in [6.45, 7) is 5.76. The largest absolute Gasteiger partial charge is 0.491 e. The molecule has 0 aliphatic carbocycles. The molecular weight excluding hydrogens is 316 g/mol. The molecule has 6 nitrogen and oxygen atoms in total. The average molecular weight is 340 g/mol. The molecule has 0 aromatic heterocycles. The van der Waals surface area contributed by atoms with Crippen molar-refractivity contribution in [1.29, 1.82) is 0 Å². The molecule has 0 bridgehead atoms. The van der Waals surface area contributed by atoms with Crippen molar-refractivity contribution in [3.8, 4) is 5.75 Å². The van der Waals surface area contributed by atoms with Gasteiger partial charge in [-0.1, -0.05) is 18.2 Å². The highest BCUT2D eigenvalue weighted by molar-refractivity contribution is 7.91. The lowest BCUT2D eigenvalue weighted by Gasteiger charge is -2.21. The Morgan fingerprint density at radius 1 is 1.26 bits per heavy atom. The highest BCUT2D eigenvalue weighted by atomic mass is 32.2. The van der Waals surface area contributed by atoms with Gasteiger partial charge in [-0.3, -0.25) is 0 Å². The van der Waals surface area contributed by atoms with E-state index in [1.54, 1.807) is 0 Å². The standard InChI is InChI=1S/C16H24N2O4S/c1-11(2)22-15-7-5-4-6-14(15)12(3)17-16(19)18-13-8-9-23(20,21)10-13/h4-7,11-13H,8-10H2,1-3H3,(H2,17,18,19). The molecular formula is C16H24N2O4S. The molecule has 0 saturated carbocycles. The molecule has 1 heterocycles. The number of para-hydroxylation sites is 1. The Hall–Kier alpha value is -1.76. The van der Waals surface area contributed by atoms with Crippen LogP contribution in [-0.4, -0.2) is 38.1 Å². The van der Waals surface area contributed by atoms with Crippen LogP contribution in [0.15, 0.2) is 24.3 Å². The summed E-state index contributed by atoms with van der Waals surface area (Å²) in [5.41, 5.74) is 0.885. The van der Waals surface area contributed by atoms with E-state index in [0.29, 0.717) is 6.42 Å². The normalized spacial score (nSPS) is 21.0. The number of hydrogen-bond acceptors (Lipinski definition) is 4. The van der Waals surface area contributed by atoms with E-state index in [0.717, 1.165) is 11.3 Å². The van der Waals surface area contributed by atoms with Crippen LogP contribution >= 0.6 is 0 Å². The highest BCUT2D eigenvalue weighted by Crippen LogP contribution is 2.25. The number of urea groups is 1. The van der Waals surface area contributed by atoms with Gasteiger partial charge in [-0.15, -0.1) is 0 Å². The summed E-state index contributed by atoms with van der Waals surface area (Å²) in [5.74, 6) is 0.888. The second-order valence-electron chi connectivity index (χ2n) is 6.14. The van der Waals surface area contributed by atoms with Crippen molar-refractivity contribution in [2.75, 3.05) is 11.5 Å². The van der Waals surface area contributed by atoms with Gasteiger partial charge in [0.15, 0.2) is 9.84 Å². The lowest BCUT2D eigenvalue weighted by atomic mass is 10.1. The summed E-state index contributed by atoms with van der Waals surface area (Å²) in [5, 5.41) is 5.56. The van der Waals surface area contributed by atoms with E-state index in [1.165, 1.54) is 0 Å². The molecule has 2 unspecified atom stereocenters. The fourth-order valence-electron chi connectivity index (χ4n) is 2.61. The summed E-state index contributed by atoms with van der Waals surface area (Å²) in [4.78, 5) is 12.1. The van der Waals surface area contributed by atoms with Crippen molar-refractivity contribution in [2.24, 2.45) is 0 Å². The molecule has 2 atom stereocenters. The Morgan fingerprint density at radius 3 is 2.57 bits per heavy atom. The number of rotatable bonds is 5. The highest BCUT2D eigenvalue weighted by Gasteiger charge is 2.29. The fraction of sp³-hybridized carbons (Fsp3) is 0.562.